The van der Waals surface area contributed by atoms with Crippen LogP contribution in [0.5, 0.6) is 0 Å². The summed E-state index contributed by atoms with van der Waals surface area (Å²) in [5.74, 6) is 1.18. The highest BCUT2D eigenvalue weighted by molar-refractivity contribution is 7.99. The zero-order valence-corrected chi connectivity index (χ0v) is 9.20. The Bertz CT molecular complexity index is 294. The molecule has 0 bridgehead atoms. The number of hydrogen-bond donors (Lipinski definition) is 1. The zero-order valence-electron chi connectivity index (χ0n) is 8.39. The van der Waals surface area contributed by atoms with Gasteiger partial charge in [-0.3, -0.25) is 4.68 Å². The fraction of sp³-hybridized carbons (Fsp3) is 0.700. The number of hydrogen-bond acceptors (Lipinski definition) is 3. The molecule has 1 N–H and O–H groups in total. The molecule has 0 aliphatic carbocycles. The second kappa shape index (κ2) is 4.36. The lowest BCUT2D eigenvalue weighted by atomic mass is 10.1. The maximum atomic E-state index is 10.1. The maximum Gasteiger partial charge on any atom is 0.107 e. The van der Waals surface area contributed by atoms with Crippen molar-refractivity contribution in [2.45, 2.75) is 30.6 Å². The van der Waals surface area contributed by atoms with E-state index in [1.807, 2.05) is 24.9 Å². The van der Waals surface area contributed by atoms with Crippen molar-refractivity contribution < 1.29 is 5.11 Å². The number of thioether (sulfide) groups is 1. The molecular weight excluding hydrogens is 196 g/mol. The molecule has 1 aliphatic heterocycles. The van der Waals surface area contributed by atoms with Gasteiger partial charge in [-0.1, -0.05) is 6.42 Å². The lowest BCUT2D eigenvalue weighted by molar-refractivity contribution is 0.159. The molecule has 78 valence electrons. The fourth-order valence-corrected chi connectivity index (χ4v) is 3.21. The van der Waals surface area contributed by atoms with E-state index >= 15 is 0 Å². The second-order valence-corrected chi connectivity index (χ2v) is 5.08. The van der Waals surface area contributed by atoms with Crippen molar-refractivity contribution in [2.75, 3.05) is 5.75 Å². The van der Waals surface area contributed by atoms with E-state index in [1.165, 1.54) is 18.6 Å². The van der Waals surface area contributed by atoms with Crippen LogP contribution in [0.15, 0.2) is 12.3 Å². The van der Waals surface area contributed by atoms with Crippen molar-refractivity contribution >= 4 is 11.8 Å². The van der Waals surface area contributed by atoms with Gasteiger partial charge < -0.3 is 5.11 Å². The Balaban J connectivity index is 2.07. The highest BCUT2D eigenvalue weighted by Crippen LogP contribution is 2.34. The Labute approximate surface area is 88.5 Å². The number of aliphatic hydroxyl groups excluding tert-OH is 1. The number of rotatable bonds is 2. The summed E-state index contributed by atoms with van der Waals surface area (Å²) >= 11 is 1.89. The number of aryl methyl sites for hydroxylation is 1. The van der Waals surface area contributed by atoms with Crippen LogP contribution in [-0.4, -0.2) is 25.9 Å². The summed E-state index contributed by atoms with van der Waals surface area (Å²) < 4.78 is 1.76. The van der Waals surface area contributed by atoms with Crippen LogP contribution < -0.4 is 0 Å². The van der Waals surface area contributed by atoms with Crippen LogP contribution in [0.4, 0.5) is 0 Å². The molecule has 1 aromatic heterocycles. The van der Waals surface area contributed by atoms with Gasteiger partial charge in [-0.15, -0.1) is 0 Å². The Morgan fingerprint density at radius 1 is 1.64 bits per heavy atom. The Kier molecular flexibility index (Phi) is 3.13. The van der Waals surface area contributed by atoms with Crippen LogP contribution in [-0.2, 0) is 7.05 Å². The van der Waals surface area contributed by atoms with Gasteiger partial charge in [0.05, 0.1) is 5.69 Å². The number of aliphatic hydroxyl groups is 1. The molecule has 2 unspecified atom stereocenters. The van der Waals surface area contributed by atoms with Crippen LogP contribution in [0, 0.1) is 0 Å². The van der Waals surface area contributed by atoms with Crippen molar-refractivity contribution in [2.24, 2.45) is 7.05 Å². The van der Waals surface area contributed by atoms with Gasteiger partial charge in [0.15, 0.2) is 0 Å². The summed E-state index contributed by atoms with van der Waals surface area (Å²) in [5, 5.41) is 14.6. The van der Waals surface area contributed by atoms with E-state index in [-0.39, 0.29) is 6.10 Å². The third kappa shape index (κ3) is 1.96. The van der Waals surface area contributed by atoms with Gasteiger partial charge in [0, 0.05) is 18.5 Å². The van der Waals surface area contributed by atoms with Crippen LogP contribution in [0.3, 0.4) is 0 Å². The topological polar surface area (TPSA) is 38.0 Å². The second-order valence-electron chi connectivity index (χ2n) is 3.73. The Morgan fingerprint density at radius 3 is 3.07 bits per heavy atom. The molecule has 0 saturated carbocycles. The molecule has 2 heterocycles. The molecule has 0 aromatic carbocycles. The average Bonchev–Trinajstić information content (AvgIpc) is 2.65. The Morgan fingerprint density at radius 2 is 2.50 bits per heavy atom. The summed E-state index contributed by atoms with van der Waals surface area (Å²) in [6.07, 6.45) is 5.04. The lowest BCUT2D eigenvalue weighted by Crippen LogP contribution is -2.21. The van der Waals surface area contributed by atoms with Crippen LogP contribution in [0.1, 0.15) is 31.1 Å². The van der Waals surface area contributed by atoms with E-state index in [4.69, 9.17) is 0 Å². The molecule has 1 saturated heterocycles. The Hall–Kier alpha value is -0.480. The highest BCUT2D eigenvalue weighted by atomic mass is 32.2. The maximum absolute atomic E-state index is 10.1. The first-order chi connectivity index (χ1) is 6.79. The third-order valence-electron chi connectivity index (χ3n) is 2.73. The molecule has 4 heteroatoms. The molecule has 1 aliphatic rings. The largest absolute Gasteiger partial charge is 0.386 e. The first-order valence-corrected chi connectivity index (χ1v) is 6.11. The average molecular weight is 212 g/mol. The van der Waals surface area contributed by atoms with Gasteiger partial charge in [-0.25, -0.2) is 0 Å². The SMILES string of the molecule is Cn1nccc1C(O)C1CCCCS1. The van der Waals surface area contributed by atoms with Gasteiger partial charge in [0.25, 0.3) is 0 Å². The molecule has 3 nitrogen and oxygen atoms in total. The molecule has 0 spiro atoms. The predicted molar refractivity (Wildman–Crippen MR) is 58.3 cm³/mol. The molecule has 2 atom stereocenters. The van der Waals surface area contributed by atoms with Gasteiger partial charge in [0.1, 0.15) is 6.10 Å². The zero-order chi connectivity index (χ0) is 9.97. The normalized spacial score (nSPS) is 24.9. The van der Waals surface area contributed by atoms with Crippen LogP contribution in [0.2, 0.25) is 0 Å². The van der Waals surface area contributed by atoms with E-state index in [1.54, 1.807) is 10.9 Å². The van der Waals surface area contributed by atoms with Crippen molar-refractivity contribution in [1.82, 2.24) is 9.78 Å². The van der Waals surface area contributed by atoms with Gasteiger partial charge in [-0.05, 0) is 24.7 Å². The molecule has 14 heavy (non-hydrogen) atoms. The summed E-state index contributed by atoms with van der Waals surface area (Å²) in [7, 11) is 1.88. The monoisotopic (exact) mass is 212 g/mol. The minimum absolute atomic E-state index is 0.354. The summed E-state index contributed by atoms with van der Waals surface area (Å²) in [4.78, 5) is 0. The summed E-state index contributed by atoms with van der Waals surface area (Å²) in [5.41, 5.74) is 0.935. The molecule has 1 fully saturated rings. The van der Waals surface area contributed by atoms with E-state index in [0.717, 1.165) is 12.1 Å². The number of nitrogens with zero attached hydrogens (tertiary/aromatic N) is 2. The lowest BCUT2D eigenvalue weighted by Gasteiger charge is -2.26. The first-order valence-electron chi connectivity index (χ1n) is 5.06. The van der Waals surface area contributed by atoms with Crippen molar-refractivity contribution in [3.05, 3.63) is 18.0 Å². The van der Waals surface area contributed by atoms with E-state index in [9.17, 15) is 5.11 Å². The quantitative estimate of drug-likeness (QED) is 0.811. The third-order valence-corrected chi connectivity index (χ3v) is 4.17. The van der Waals surface area contributed by atoms with E-state index in [0.29, 0.717) is 5.25 Å². The number of aromatic nitrogens is 2. The van der Waals surface area contributed by atoms with Crippen LogP contribution >= 0.6 is 11.8 Å². The summed E-state index contributed by atoms with van der Waals surface area (Å²) in [6.45, 7) is 0. The molecule has 0 amide bonds. The molecule has 1 aromatic rings. The minimum atomic E-state index is -0.354. The van der Waals surface area contributed by atoms with E-state index in [2.05, 4.69) is 5.10 Å². The van der Waals surface area contributed by atoms with Gasteiger partial charge in [0.2, 0.25) is 0 Å². The van der Waals surface area contributed by atoms with Crippen LogP contribution in [0.25, 0.3) is 0 Å². The van der Waals surface area contributed by atoms with Crippen molar-refractivity contribution in [1.29, 1.82) is 0 Å². The summed E-state index contributed by atoms with van der Waals surface area (Å²) in [6, 6.07) is 1.90. The molecular formula is C10H16N2OS. The molecule has 0 radical (unpaired) electrons. The van der Waals surface area contributed by atoms with Gasteiger partial charge >= 0.3 is 0 Å². The highest BCUT2D eigenvalue weighted by Gasteiger charge is 2.25. The van der Waals surface area contributed by atoms with Gasteiger partial charge in [-0.2, -0.15) is 16.9 Å². The standard InChI is InChI=1S/C10H16N2OS/c1-12-8(5-6-11-12)10(13)9-4-2-3-7-14-9/h5-6,9-10,13H,2-4,7H2,1H3. The minimum Gasteiger partial charge on any atom is -0.386 e. The smallest absolute Gasteiger partial charge is 0.107 e. The molecule has 2 rings (SSSR count). The van der Waals surface area contributed by atoms with Crippen molar-refractivity contribution in [3.8, 4) is 0 Å². The predicted octanol–water partition coefficient (Wildman–Crippen LogP) is 1.74. The first kappa shape index (κ1) is 10.1. The fourth-order valence-electron chi connectivity index (χ4n) is 1.88. The van der Waals surface area contributed by atoms with E-state index < -0.39 is 0 Å². The van der Waals surface area contributed by atoms with Crippen molar-refractivity contribution in [3.63, 3.8) is 0 Å².